The lowest BCUT2D eigenvalue weighted by Gasteiger charge is -2.24. The van der Waals surface area contributed by atoms with Gasteiger partial charge >= 0.3 is 11.9 Å². The molecule has 0 bridgehead atoms. The van der Waals surface area contributed by atoms with Gasteiger partial charge in [-0.05, 0) is 30.5 Å². The molecule has 3 atom stereocenters. The Hall–Kier alpha value is -4.40. The van der Waals surface area contributed by atoms with Crippen LogP contribution in [0.15, 0.2) is 29.3 Å². The number of guanidine groups is 1. The van der Waals surface area contributed by atoms with Gasteiger partial charge in [0.05, 0.1) is 12.5 Å². The van der Waals surface area contributed by atoms with Gasteiger partial charge in [0.25, 0.3) is 0 Å². The van der Waals surface area contributed by atoms with E-state index in [9.17, 15) is 29.1 Å². The Labute approximate surface area is 206 Å². The minimum absolute atomic E-state index is 0.0107. The molecule has 198 valence electrons. The molecule has 1 aromatic carbocycles. The van der Waals surface area contributed by atoms with Crippen LogP contribution in [0.5, 0.6) is 5.75 Å². The summed E-state index contributed by atoms with van der Waals surface area (Å²) in [6, 6.07) is 1.87. The number of carbonyl (C=O) groups excluding carboxylic acids is 3. The second-order valence-electron chi connectivity index (χ2n) is 7.76. The fourth-order valence-electron chi connectivity index (χ4n) is 2.97. The first-order valence-corrected chi connectivity index (χ1v) is 10.8. The number of carboxylic acids is 2. The monoisotopic (exact) mass is 509 g/mol. The van der Waals surface area contributed by atoms with E-state index in [1.54, 1.807) is 0 Å². The van der Waals surface area contributed by atoms with Gasteiger partial charge in [-0.25, -0.2) is 0 Å². The lowest BCUT2D eigenvalue weighted by Crippen LogP contribution is -2.56. The number of hydrogen-bond donors (Lipinski definition) is 9. The van der Waals surface area contributed by atoms with E-state index in [4.69, 9.17) is 27.4 Å². The van der Waals surface area contributed by atoms with Gasteiger partial charge in [0, 0.05) is 13.0 Å². The van der Waals surface area contributed by atoms with Crippen molar-refractivity contribution in [2.75, 3.05) is 13.1 Å². The highest BCUT2D eigenvalue weighted by Gasteiger charge is 2.29. The highest BCUT2D eigenvalue weighted by atomic mass is 16.4. The number of amides is 3. The quantitative estimate of drug-likeness (QED) is 0.0651. The van der Waals surface area contributed by atoms with Crippen molar-refractivity contribution in [3.63, 3.8) is 0 Å². The topological polar surface area (TPSA) is 273 Å². The fraction of sp³-hybridized carbons (Fsp3) is 0.429. The predicted molar refractivity (Wildman–Crippen MR) is 126 cm³/mol. The van der Waals surface area contributed by atoms with Crippen molar-refractivity contribution in [3.05, 3.63) is 29.8 Å². The molecule has 0 radical (unpaired) electrons. The maximum atomic E-state index is 13.0. The summed E-state index contributed by atoms with van der Waals surface area (Å²) in [6.07, 6.45) is -0.491. The number of carboxylic acid groups (broad SMARTS) is 2. The normalized spacial score (nSPS) is 12.9. The molecular formula is C21H31N7O8. The molecule has 0 saturated carbocycles. The third-order valence-electron chi connectivity index (χ3n) is 4.73. The molecule has 0 aliphatic heterocycles. The third-order valence-corrected chi connectivity index (χ3v) is 4.73. The third kappa shape index (κ3) is 11.6. The van der Waals surface area contributed by atoms with Crippen LogP contribution in [-0.4, -0.2) is 82.2 Å². The number of rotatable bonds is 15. The first-order chi connectivity index (χ1) is 16.9. The van der Waals surface area contributed by atoms with Crippen molar-refractivity contribution in [2.24, 2.45) is 22.2 Å². The number of aliphatic imine (C=N–C) groups is 1. The molecule has 1 aromatic rings. The molecule has 0 saturated heterocycles. The first-order valence-electron chi connectivity index (χ1n) is 10.8. The van der Waals surface area contributed by atoms with E-state index >= 15 is 0 Å². The molecule has 1 rings (SSSR count). The Morgan fingerprint density at radius 2 is 1.50 bits per heavy atom. The van der Waals surface area contributed by atoms with Gasteiger partial charge in [-0.2, -0.15) is 0 Å². The van der Waals surface area contributed by atoms with Crippen LogP contribution in [0.4, 0.5) is 0 Å². The van der Waals surface area contributed by atoms with Crippen LogP contribution < -0.4 is 33.2 Å². The molecular weight excluding hydrogens is 478 g/mol. The second-order valence-corrected chi connectivity index (χ2v) is 7.76. The predicted octanol–water partition coefficient (Wildman–Crippen LogP) is -3.04. The number of nitrogens with zero attached hydrogens (tertiary/aromatic N) is 1. The molecule has 15 heteroatoms. The molecule has 0 spiro atoms. The molecule has 0 heterocycles. The van der Waals surface area contributed by atoms with Crippen molar-refractivity contribution in [2.45, 2.75) is 43.8 Å². The molecule has 0 aliphatic rings. The average Bonchev–Trinajstić information content (AvgIpc) is 2.79. The maximum absolute atomic E-state index is 13.0. The van der Waals surface area contributed by atoms with Crippen LogP contribution in [-0.2, 0) is 30.4 Å². The van der Waals surface area contributed by atoms with E-state index in [1.807, 2.05) is 0 Å². The molecule has 12 N–H and O–H groups in total. The van der Waals surface area contributed by atoms with Gasteiger partial charge in [0.15, 0.2) is 5.96 Å². The largest absolute Gasteiger partial charge is 0.508 e. The molecule has 0 aromatic heterocycles. The summed E-state index contributed by atoms with van der Waals surface area (Å²) in [7, 11) is 0. The standard InChI is InChI=1S/C21H31N7O8/c22-13(9-16(30)31)18(34)27-14(2-1-7-25-21(23)24)20(36)28-15(19(35)26-10-17(32)33)8-11-3-5-12(29)6-4-11/h3-6,13-15,29H,1-2,7-10,22H2,(H,26,35)(H,27,34)(H,28,36)(H,30,31)(H,32,33)(H4,23,24,25). The van der Waals surface area contributed by atoms with Crippen molar-refractivity contribution < 1.29 is 39.3 Å². The van der Waals surface area contributed by atoms with E-state index < -0.39 is 60.8 Å². The fourth-order valence-corrected chi connectivity index (χ4v) is 2.97. The summed E-state index contributed by atoms with van der Waals surface area (Å²) in [4.78, 5) is 63.5. The number of benzene rings is 1. The summed E-state index contributed by atoms with van der Waals surface area (Å²) >= 11 is 0. The van der Waals surface area contributed by atoms with Gasteiger partial charge in [0.2, 0.25) is 17.7 Å². The van der Waals surface area contributed by atoms with E-state index in [0.29, 0.717) is 5.56 Å². The average molecular weight is 510 g/mol. The summed E-state index contributed by atoms with van der Waals surface area (Å²) in [5.41, 5.74) is 16.7. The Balaban J connectivity index is 3.06. The lowest BCUT2D eigenvalue weighted by atomic mass is 10.0. The first kappa shape index (κ1) is 29.6. The molecule has 15 nitrogen and oxygen atoms in total. The van der Waals surface area contributed by atoms with Crippen molar-refractivity contribution >= 4 is 35.6 Å². The highest BCUT2D eigenvalue weighted by Crippen LogP contribution is 2.12. The van der Waals surface area contributed by atoms with Crippen LogP contribution >= 0.6 is 0 Å². The van der Waals surface area contributed by atoms with E-state index in [-0.39, 0.29) is 37.5 Å². The van der Waals surface area contributed by atoms with Crippen LogP contribution in [0.25, 0.3) is 0 Å². The molecule has 0 fully saturated rings. The Kier molecular flexibility index (Phi) is 12.2. The van der Waals surface area contributed by atoms with E-state index in [1.165, 1.54) is 24.3 Å². The summed E-state index contributed by atoms with van der Waals surface area (Å²) in [5, 5.41) is 34.2. The Bertz CT molecular complexity index is 964. The SMILES string of the molecule is NC(N)=NCCCC(NC(=O)C(N)CC(=O)O)C(=O)NC(Cc1ccc(O)cc1)C(=O)NCC(=O)O. The zero-order valence-corrected chi connectivity index (χ0v) is 19.3. The summed E-state index contributed by atoms with van der Waals surface area (Å²) in [5.74, 6) is -5.30. The van der Waals surface area contributed by atoms with Gasteiger partial charge < -0.3 is 48.5 Å². The van der Waals surface area contributed by atoms with Gasteiger partial charge in [-0.15, -0.1) is 0 Å². The minimum atomic E-state index is -1.43. The maximum Gasteiger partial charge on any atom is 0.322 e. The van der Waals surface area contributed by atoms with Crippen LogP contribution in [0.2, 0.25) is 0 Å². The molecule has 3 amide bonds. The number of nitrogens with one attached hydrogen (secondary N) is 3. The van der Waals surface area contributed by atoms with Crippen LogP contribution in [0.3, 0.4) is 0 Å². The zero-order chi connectivity index (χ0) is 27.3. The number of nitrogens with two attached hydrogens (primary N) is 3. The minimum Gasteiger partial charge on any atom is -0.508 e. The van der Waals surface area contributed by atoms with Crippen LogP contribution in [0, 0.1) is 0 Å². The Morgan fingerprint density at radius 3 is 2.06 bits per heavy atom. The van der Waals surface area contributed by atoms with Crippen LogP contribution in [0.1, 0.15) is 24.8 Å². The molecule has 3 unspecified atom stereocenters. The second kappa shape index (κ2) is 14.8. The van der Waals surface area contributed by atoms with Crippen molar-refractivity contribution in [3.8, 4) is 5.75 Å². The van der Waals surface area contributed by atoms with Crippen molar-refractivity contribution in [1.29, 1.82) is 0 Å². The van der Waals surface area contributed by atoms with Gasteiger partial charge in [-0.1, -0.05) is 12.1 Å². The number of phenolic OH excluding ortho intramolecular Hbond substituents is 1. The molecule has 36 heavy (non-hydrogen) atoms. The number of hydrogen-bond acceptors (Lipinski definition) is 8. The highest BCUT2D eigenvalue weighted by molar-refractivity contribution is 5.94. The number of aliphatic carboxylic acids is 2. The van der Waals surface area contributed by atoms with Gasteiger partial charge in [0.1, 0.15) is 24.4 Å². The lowest BCUT2D eigenvalue weighted by molar-refractivity contribution is -0.139. The smallest absolute Gasteiger partial charge is 0.322 e. The summed E-state index contributed by atoms with van der Waals surface area (Å²) in [6.45, 7) is -0.567. The van der Waals surface area contributed by atoms with E-state index in [0.717, 1.165) is 0 Å². The van der Waals surface area contributed by atoms with Gasteiger partial charge in [-0.3, -0.25) is 29.0 Å². The number of phenols is 1. The summed E-state index contributed by atoms with van der Waals surface area (Å²) < 4.78 is 0. The van der Waals surface area contributed by atoms with E-state index in [2.05, 4.69) is 20.9 Å². The molecule has 0 aliphatic carbocycles. The zero-order valence-electron chi connectivity index (χ0n) is 19.3. The Morgan fingerprint density at radius 1 is 0.889 bits per heavy atom. The van der Waals surface area contributed by atoms with Crippen molar-refractivity contribution in [1.82, 2.24) is 16.0 Å². The number of carbonyl (C=O) groups is 5. The number of aromatic hydroxyl groups is 1.